The van der Waals surface area contributed by atoms with Gasteiger partial charge in [-0.3, -0.25) is 4.79 Å². The van der Waals surface area contributed by atoms with Gasteiger partial charge in [-0.2, -0.15) is 5.26 Å². The third kappa shape index (κ3) is 2.77. The van der Waals surface area contributed by atoms with Crippen molar-refractivity contribution in [2.75, 3.05) is 11.4 Å². The Hall–Kier alpha value is -2.09. The molecule has 1 aromatic heterocycles. The summed E-state index contributed by atoms with van der Waals surface area (Å²) in [4.78, 5) is 17.5. The number of amides is 1. The molecule has 5 heteroatoms. The van der Waals surface area contributed by atoms with Crippen molar-refractivity contribution in [2.45, 2.75) is 31.7 Å². The molecule has 1 atom stereocenters. The summed E-state index contributed by atoms with van der Waals surface area (Å²) in [5, 5.41) is 8.87. The number of primary amides is 1. The van der Waals surface area contributed by atoms with Crippen LogP contribution in [0.4, 0.5) is 5.82 Å². The van der Waals surface area contributed by atoms with E-state index in [1.54, 1.807) is 6.07 Å². The van der Waals surface area contributed by atoms with Crippen molar-refractivity contribution in [3.05, 3.63) is 23.9 Å². The Morgan fingerprint density at radius 1 is 1.56 bits per heavy atom. The fourth-order valence-corrected chi connectivity index (χ4v) is 2.39. The predicted molar refractivity (Wildman–Crippen MR) is 67.7 cm³/mol. The maximum absolute atomic E-state index is 11.1. The Balaban J connectivity index is 2.22. The van der Waals surface area contributed by atoms with Crippen LogP contribution in [0.15, 0.2) is 18.2 Å². The number of hydrogen-bond donors (Lipinski definition) is 1. The number of pyridine rings is 1. The molecule has 18 heavy (non-hydrogen) atoms. The highest BCUT2D eigenvalue weighted by atomic mass is 16.1. The molecule has 0 spiro atoms. The SMILES string of the molecule is N#Cc1cccc(N2CCCCC2CC(N)=O)n1. The van der Waals surface area contributed by atoms with Crippen molar-refractivity contribution >= 4 is 11.7 Å². The van der Waals surface area contributed by atoms with Crippen LogP contribution in [-0.2, 0) is 4.79 Å². The van der Waals surface area contributed by atoms with Gasteiger partial charge in [-0.25, -0.2) is 4.98 Å². The number of rotatable bonds is 3. The lowest BCUT2D eigenvalue weighted by Gasteiger charge is -2.36. The van der Waals surface area contributed by atoms with Crippen LogP contribution in [0.25, 0.3) is 0 Å². The van der Waals surface area contributed by atoms with E-state index in [2.05, 4.69) is 9.88 Å². The molecule has 0 aromatic carbocycles. The summed E-state index contributed by atoms with van der Waals surface area (Å²) >= 11 is 0. The normalized spacial score (nSPS) is 19.3. The Labute approximate surface area is 106 Å². The third-order valence-corrected chi connectivity index (χ3v) is 3.21. The maximum atomic E-state index is 11.1. The summed E-state index contributed by atoms with van der Waals surface area (Å²) in [6.07, 6.45) is 3.47. The number of piperidine rings is 1. The molecule has 2 heterocycles. The molecule has 1 saturated heterocycles. The molecule has 5 nitrogen and oxygen atoms in total. The second-order valence-electron chi connectivity index (χ2n) is 4.51. The van der Waals surface area contributed by atoms with Crippen LogP contribution >= 0.6 is 0 Å². The minimum Gasteiger partial charge on any atom is -0.370 e. The van der Waals surface area contributed by atoms with Gasteiger partial charge in [-0.15, -0.1) is 0 Å². The Bertz CT molecular complexity index is 480. The van der Waals surface area contributed by atoms with E-state index in [0.29, 0.717) is 12.1 Å². The number of nitrogens with two attached hydrogens (primary N) is 1. The smallest absolute Gasteiger partial charge is 0.219 e. The molecule has 0 radical (unpaired) electrons. The van der Waals surface area contributed by atoms with E-state index in [-0.39, 0.29) is 11.9 Å². The quantitative estimate of drug-likeness (QED) is 0.865. The van der Waals surface area contributed by atoms with Crippen LogP contribution in [0.5, 0.6) is 0 Å². The molecule has 0 saturated carbocycles. The third-order valence-electron chi connectivity index (χ3n) is 3.21. The zero-order valence-electron chi connectivity index (χ0n) is 10.2. The van der Waals surface area contributed by atoms with Gasteiger partial charge in [0.15, 0.2) is 0 Å². The average molecular weight is 244 g/mol. The minimum absolute atomic E-state index is 0.109. The van der Waals surface area contributed by atoms with Crippen LogP contribution in [0, 0.1) is 11.3 Å². The van der Waals surface area contributed by atoms with Crippen molar-refractivity contribution in [1.82, 2.24) is 4.98 Å². The van der Waals surface area contributed by atoms with Crippen LogP contribution in [-0.4, -0.2) is 23.5 Å². The van der Waals surface area contributed by atoms with E-state index < -0.39 is 0 Å². The van der Waals surface area contributed by atoms with Crippen LogP contribution < -0.4 is 10.6 Å². The summed E-state index contributed by atoms with van der Waals surface area (Å²) in [6, 6.07) is 7.51. The minimum atomic E-state index is -0.289. The van der Waals surface area contributed by atoms with E-state index >= 15 is 0 Å². The molecule has 1 fully saturated rings. The highest BCUT2D eigenvalue weighted by molar-refractivity contribution is 5.75. The molecular formula is C13H16N4O. The van der Waals surface area contributed by atoms with E-state index in [0.717, 1.165) is 31.6 Å². The van der Waals surface area contributed by atoms with Gasteiger partial charge in [0.25, 0.3) is 0 Å². The highest BCUT2D eigenvalue weighted by Crippen LogP contribution is 2.25. The molecule has 0 aliphatic carbocycles. The molecule has 1 aromatic rings. The number of nitriles is 1. The van der Waals surface area contributed by atoms with Gasteiger partial charge in [-0.05, 0) is 31.4 Å². The van der Waals surface area contributed by atoms with Crippen LogP contribution in [0.1, 0.15) is 31.4 Å². The van der Waals surface area contributed by atoms with Crippen LogP contribution in [0.2, 0.25) is 0 Å². The van der Waals surface area contributed by atoms with Crippen LogP contribution in [0.3, 0.4) is 0 Å². The monoisotopic (exact) mass is 244 g/mol. The van der Waals surface area contributed by atoms with Gasteiger partial charge in [0, 0.05) is 19.0 Å². The first kappa shape index (κ1) is 12.4. The van der Waals surface area contributed by atoms with Gasteiger partial charge < -0.3 is 10.6 Å². The number of aromatic nitrogens is 1. The lowest BCUT2D eigenvalue weighted by Crippen LogP contribution is -2.42. The lowest BCUT2D eigenvalue weighted by molar-refractivity contribution is -0.118. The van der Waals surface area contributed by atoms with Gasteiger partial charge in [0.1, 0.15) is 17.6 Å². The standard InChI is InChI=1S/C13H16N4O/c14-9-10-4-3-6-13(16-10)17-7-2-1-5-11(17)8-12(15)18/h3-4,6,11H,1-2,5,7-8H2,(H2,15,18). The molecule has 1 unspecified atom stereocenters. The van der Waals surface area contributed by atoms with E-state index in [9.17, 15) is 4.79 Å². The van der Waals surface area contributed by atoms with E-state index in [1.165, 1.54) is 0 Å². The zero-order valence-corrected chi connectivity index (χ0v) is 10.2. The first-order valence-corrected chi connectivity index (χ1v) is 6.13. The van der Waals surface area contributed by atoms with Crippen molar-refractivity contribution < 1.29 is 4.79 Å². The second-order valence-corrected chi connectivity index (χ2v) is 4.51. The first-order valence-electron chi connectivity index (χ1n) is 6.13. The van der Waals surface area contributed by atoms with Gasteiger partial charge >= 0.3 is 0 Å². The average Bonchev–Trinajstić information content (AvgIpc) is 2.39. The number of hydrogen-bond acceptors (Lipinski definition) is 4. The molecular weight excluding hydrogens is 228 g/mol. The first-order chi connectivity index (χ1) is 8.70. The molecule has 2 N–H and O–H groups in total. The second kappa shape index (κ2) is 5.50. The lowest BCUT2D eigenvalue weighted by atomic mass is 9.99. The Morgan fingerprint density at radius 3 is 3.11 bits per heavy atom. The highest BCUT2D eigenvalue weighted by Gasteiger charge is 2.25. The summed E-state index contributed by atoms with van der Waals surface area (Å²) < 4.78 is 0. The maximum Gasteiger partial charge on any atom is 0.219 e. The van der Waals surface area contributed by atoms with Gasteiger partial charge in [-0.1, -0.05) is 6.07 Å². The van der Waals surface area contributed by atoms with E-state index in [4.69, 9.17) is 11.0 Å². The van der Waals surface area contributed by atoms with Crippen molar-refractivity contribution in [2.24, 2.45) is 5.73 Å². The molecule has 1 aliphatic rings. The van der Waals surface area contributed by atoms with E-state index in [1.807, 2.05) is 18.2 Å². The Morgan fingerprint density at radius 2 is 2.39 bits per heavy atom. The van der Waals surface area contributed by atoms with Gasteiger partial charge in [0.2, 0.25) is 5.91 Å². The summed E-state index contributed by atoms with van der Waals surface area (Å²) in [6.45, 7) is 0.861. The summed E-state index contributed by atoms with van der Waals surface area (Å²) in [5.41, 5.74) is 5.68. The summed E-state index contributed by atoms with van der Waals surface area (Å²) in [7, 11) is 0. The largest absolute Gasteiger partial charge is 0.370 e. The fourth-order valence-electron chi connectivity index (χ4n) is 2.39. The number of anilines is 1. The Kier molecular flexibility index (Phi) is 3.78. The van der Waals surface area contributed by atoms with Crippen molar-refractivity contribution in [3.8, 4) is 6.07 Å². The summed E-state index contributed by atoms with van der Waals surface area (Å²) in [5.74, 6) is 0.475. The van der Waals surface area contributed by atoms with Crippen molar-refractivity contribution in [1.29, 1.82) is 5.26 Å². The molecule has 0 bridgehead atoms. The van der Waals surface area contributed by atoms with Gasteiger partial charge in [0.05, 0.1) is 0 Å². The van der Waals surface area contributed by atoms with Crippen molar-refractivity contribution in [3.63, 3.8) is 0 Å². The predicted octanol–water partition coefficient (Wildman–Crippen LogP) is 1.19. The number of carbonyl (C=O) groups is 1. The molecule has 1 aliphatic heterocycles. The number of carbonyl (C=O) groups excluding carboxylic acids is 1. The molecule has 2 rings (SSSR count). The topological polar surface area (TPSA) is 83.0 Å². The molecule has 94 valence electrons. The zero-order chi connectivity index (χ0) is 13.0. The fraction of sp³-hybridized carbons (Fsp3) is 0.462. The molecule has 1 amide bonds. The number of nitrogens with zero attached hydrogens (tertiary/aromatic N) is 3.